The van der Waals surface area contributed by atoms with Gasteiger partial charge in [-0.05, 0) is 81.2 Å². The minimum Gasteiger partial charge on any atom is -0.478 e. The molecule has 9 nitrogen and oxygen atoms in total. The SMILES string of the molecule is CCn1ccnc1Cn1c(CN2CCC(c3cccc4c3OC(C)(c3ccc(Cl)cc3F)O4)CC2)nc2ccc(C(=O)O)cc21. The van der Waals surface area contributed by atoms with Gasteiger partial charge >= 0.3 is 5.97 Å². The van der Waals surface area contributed by atoms with Gasteiger partial charge in [-0.3, -0.25) is 4.90 Å². The number of halogens is 2. The Labute approximate surface area is 264 Å². The van der Waals surface area contributed by atoms with Crippen molar-refractivity contribution in [2.75, 3.05) is 13.1 Å². The second-order valence-corrected chi connectivity index (χ2v) is 12.2. The lowest BCUT2D eigenvalue weighted by Gasteiger charge is -2.32. The highest BCUT2D eigenvalue weighted by Gasteiger charge is 2.43. The van der Waals surface area contributed by atoms with Crippen molar-refractivity contribution in [1.82, 2.24) is 24.0 Å². The third-order valence-corrected chi connectivity index (χ3v) is 9.17. The number of aryl methyl sites for hydroxylation is 1. The van der Waals surface area contributed by atoms with E-state index < -0.39 is 17.6 Å². The number of aromatic nitrogens is 4. The maximum atomic E-state index is 14.9. The summed E-state index contributed by atoms with van der Waals surface area (Å²) in [5.41, 5.74) is 3.12. The number of piperidine rings is 1. The summed E-state index contributed by atoms with van der Waals surface area (Å²) in [7, 11) is 0. The first-order valence-corrected chi connectivity index (χ1v) is 15.5. The van der Waals surface area contributed by atoms with Crippen LogP contribution in [-0.4, -0.2) is 48.2 Å². The molecule has 0 saturated carbocycles. The van der Waals surface area contributed by atoms with Gasteiger partial charge in [0, 0.05) is 36.4 Å². The van der Waals surface area contributed by atoms with E-state index >= 15 is 0 Å². The fourth-order valence-corrected chi connectivity index (χ4v) is 6.72. The van der Waals surface area contributed by atoms with Gasteiger partial charge in [-0.1, -0.05) is 23.7 Å². The molecule has 0 amide bonds. The van der Waals surface area contributed by atoms with Crippen molar-refractivity contribution >= 4 is 28.6 Å². The summed E-state index contributed by atoms with van der Waals surface area (Å²) in [4.78, 5) is 23.6. The van der Waals surface area contributed by atoms with Gasteiger partial charge in [0.2, 0.25) is 0 Å². The number of fused-ring (bicyclic) bond motifs is 2. The third-order valence-electron chi connectivity index (χ3n) is 8.94. The summed E-state index contributed by atoms with van der Waals surface area (Å²) in [6.07, 6.45) is 5.53. The molecule has 0 radical (unpaired) electrons. The Morgan fingerprint density at radius 2 is 1.91 bits per heavy atom. The minimum absolute atomic E-state index is 0.228. The second kappa shape index (κ2) is 11.5. The normalized spacial score (nSPS) is 18.6. The largest absolute Gasteiger partial charge is 0.478 e. The van der Waals surface area contributed by atoms with Gasteiger partial charge in [0.05, 0.1) is 35.2 Å². The number of carboxylic acids is 1. The number of carboxylic acid groups (broad SMARTS) is 1. The average molecular weight is 630 g/mol. The number of benzene rings is 3. The molecule has 1 fully saturated rings. The smallest absolute Gasteiger partial charge is 0.335 e. The standard InChI is InChI=1S/C34H33ClFN5O4/c1-3-40-16-13-37-30(40)20-41-28-17-22(33(42)43)7-10-27(28)38-31(41)19-39-14-11-21(12-15-39)24-5-4-6-29-32(24)45-34(2,44-29)25-9-8-23(35)18-26(25)36/h4-10,13,16-18,21H,3,11-12,14-15,19-20H2,1-2H3,(H,42,43). The van der Waals surface area contributed by atoms with Crippen LogP contribution in [0.4, 0.5) is 4.39 Å². The molecule has 0 aliphatic carbocycles. The first kappa shape index (κ1) is 29.3. The lowest BCUT2D eigenvalue weighted by molar-refractivity contribution is -0.0712. The third kappa shape index (κ3) is 5.42. The van der Waals surface area contributed by atoms with Gasteiger partial charge in [0.1, 0.15) is 17.5 Å². The summed E-state index contributed by atoms with van der Waals surface area (Å²) in [6, 6.07) is 15.5. The monoisotopic (exact) mass is 629 g/mol. The van der Waals surface area contributed by atoms with Gasteiger partial charge in [0.25, 0.3) is 5.79 Å². The van der Waals surface area contributed by atoms with Gasteiger partial charge in [-0.25, -0.2) is 19.2 Å². The van der Waals surface area contributed by atoms with E-state index in [4.69, 9.17) is 26.1 Å². The number of hydrogen-bond donors (Lipinski definition) is 1. The molecule has 1 saturated heterocycles. The number of carbonyl (C=O) groups is 1. The summed E-state index contributed by atoms with van der Waals surface area (Å²) in [5, 5.41) is 9.95. The number of imidazole rings is 2. The van der Waals surface area contributed by atoms with Crippen LogP contribution in [0.15, 0.2) is 67.0 Å². The second-order valence-electron chi connectivity index (χ2n) is 11.8. The molecule has 2 aliphatic rings. The van der Waals surface area contributed by atoms with Crippen LogP contribution in [0.2, 0.25) is 5.02 Å². The number of ether oxygens (including phenoxy) is 2. The highest BCUT2D eigenvalue weighted by molar-refractivity contribution is 6.30. The van der Waals surface area contributed by atoms with Crippen LogP contribution in [-0.2, 0) is 25.4 Å². The predicted octanol–water partition coefficient (Wildman–Crippen LogP) is 6.82. The summed E-state index contributed by atoms with van der Waals surface area (Å²) >= 11 is 5.98. The van der Waals surface area contributed by atoms with Gasteiger partial charge in [-0.15, -0.1) is 0 Å². The van der Waals surface area contributed by atoms with E-state index in [0.29, 0.717) is 35.2 Å². The molecule has 1 unspecified atom stereocenters. The maximum absolute atomic E-state index is 14.9. The van der Waals surface area contributed by atoms with Gasteiger partial charge < -0.3 is 23.7 Å². The Morgan fingerprint density at radius 3 is 2.67 bits per heavy atom. The van der Waals surface area contributed by atoms with Crippen molar-refractivity contribution < 1.29 is 23.8 Å². The van der Waals surface area contributed by atoms with E-state index in [0.717, 1.165) is 60.7 Å². The van der Waals surface area contributed by atoms with Crippen LogP contribution in [0, 0.1) is 5.82 Å². The molecule has 45 heavy (non-hydrogen) atoms. The van der Waals surface area contributed by atoms with Crippen LogP contribution in [0.5, 0.6) is 11.5 Å². The predicted molar refractivity (Wildman–Crippen MR) is 167 cm³/mol. The van der Waals surface area contributed by atoms with Crippen molar-refractivity contribution in [2.24, 2.45) is 0 Å². The Bertz CT molecular complexity index is 1910. The van der Waals surface area contributed by atoms with E-state index in [1.807, 2.05) is 18.3 Å². The zero-order valence-electron chi connectivity index (χ0n) is 25.0. The fourth-order valence-electron chi connectivity index (χ4n) is 6.56. The van der Waals surface area contributed by atoms with Crippen LogP contribution in [0.1, 0.15) is 65.7 Å². The lowest BCUT2D eigenvalue weighted by Crippen LogP contribution is -2.34. The highest BCUT2D eigenvalue weighted by atomic mass is 35.5. The van der Waals surface area contributed by atoms with E-state index in [1.54, 1.807) is 43.5 Å². The van der Waals surface area contributed by atoms with Crippen molar-refractivity contribution in [3.05, 3.63) is 106 Å². The van der Waals surface area contributed by atoms with Crippen LogP contribution >= 0.6 is 11.6 Å². The number of hydrogen-bond acceptors (Lipinski definition) is 6. The van der Waals surface area contributed by atoms with Crippen molar-refractivity contribution in [3.63, 3.8) is 0 Å². The average Bonchev–Trinajstić information content (AvgIpc) is 3.72. The molecule has 3 aromatic carbocycles. The highest BCUT2D eigenvalue weighted by Crippen LogP contribution is 2.49. The molecule has 4 heterocycles. The van der Waals surface area contributed by atoms with Crippen molar-refractivity contribution in [2.45, 2.75) is 58.0 Å². The van der Waals surface area contributed by atoms with E-state index in [1.165, 1.54) is 6.07 Å². The minimum atomic E-state index is -1.29. The van der Waals surface area contributed by atoms with Crippen molar-refractivity contribution in [3.8, 4) is 11.5 Å². The van der Waals surface area contributed by atoms with E-state index in [-0.39, 0.29) is 11.5 Å². The molecule has 5 aromatic rings. The van der Waals surface area contributed by atoms with Crippen LogP contribution < -0.4 is 9.47 Å². The Morgan fingerprint density at radius 1 is 1.09 bits per heavy atom. The first-order chi connectivity index (χ1) is 21.7. The molecule has 2 aromatic heterocycles. The molecule has 0 bridgehead atoms. The summed E-state index contributed by atoms with van der Waals surface area (Å²) in [6.45, 7) is 7.38. The van der Waals surface area contributed by atoms with E-state index in [9.17, 15) is 14.3 Å². The molecule has 2 aliphatic heterocycles. The van der Waals surface area contributed by atoms with E-state index in [2.05, 4.69) is 32.0 Å². The lowest BCUT2D eigenvalue weighted by atomic mass is 9.88. The summed E-state index contributed by atoms with van der Waals surface area (Å²) < 4.78 is 31.6. The zero-order valence-corrected chi connectivity index (χ0v) is 25.8. The molecule has 232 valence electrons. The van der Waals surface area contributed by atoms with Crippen molar-refractivity contribution in [1.29, 1.82) is 0 Å². The quantitative estimate of drug-likeness (QED) is 0.201. The maximum Gasteiger partial charge on any atom is 0.335 e. The first-order valence-electron chi connectivity index (χ1n) is 15.1. The molecule has 1 atom stereocenters. The number of para-hydroxylation sites is 1. The number of rotatable bonds is 8. The molecule has 0 spiro atoms. The number of nitrogens with zero attached hydrogens (tertiary/aromatic N) is 5. The zero-order chi connectivity index (χ0) is 31.3. The molecule has 11 heteroatoms. The molecule has 1 N–H and O–H groups in total. The molecular formula is C34H33ClFN5O4. The molecular weight excluding hydrogens is 597 g/mol. The Balaban J connectivity index is 1.10. The van der Waals surface area contributed by atoms with Crippen LogP contribution in [0.3, 0.4) is 0 Å². The van der Waals surface area contributed by atoms with Gasteiger partial charge in [-0.2, -0.15) is 0 Å². The fraction of sp³-hybridized carbons (Fsp3) is 0.324. The van der Waals surface area contributed by atoms with Crippen LogP contribution in [0.25, 0.3) is 11.0 Å². The Hall–Kier alpha value is -4.41. The topological polar surface area (TPSA) is 94.6 Å². The van der Waals surface area contributed by atoms with Gasteiger partial charge in [0.15, 0.2) is 11.5 Å². The number of likely N-dealkylation sites (tertiary alicyclic amines) is 1. The number of aromatic carboxylic acids is 1. The Kier molecular flexibility index (Phi) is 7.49. The molecule has 7 rings (SSSR count). The summed E-state index contributed by atoms with van der Waals surface area (Å²) in [5.74, 6) is 0.533.